The number of nitro benzene ring substituents is 1. The fourth-order valence-electron chi connectivity index (χ4n) is 1.63. The fourth-order valence-corrected chi connectivity index (χ4v) is 1.63. The Hall–Kier alpha value is -2.70. The van der Waals surface area contributed by atoms with Crippen LogP contribution in [0.2, 0.25) is 0 Å². The smallest absolute Gasteiger partial charge is 0.269 e. The standard InChI is InChI=1S/C12H12N4O3/c1-8(12(17)15-10-6-13-14-7-10)9-3-2-4-11(5-9)16(18)19/h2-8H,1H3,(H,13,14)(H,15,17). The summed E-state index contributed by atoms with van der Waals surface area (Å²) in [4.78, 5) is 22.2. The molecule has 0 aliphatic carbocycles. The zero-order valence-electron chi connectivity index (χ0n) is 10.2. The van der Waals surface area contributed by atoms with Gasteiger partial charge in [-0.1, -0.05) is 12.1 Å². The van der Waals surface area contributed by atoms with Crippen molar-refractivity contribution in [2.75, 3.05) is 5.32 Å². The Morgan fingerprint density at radius 1 is 1.53 bits per heavy atom. The summed E-state index contributed by atoms with van der Waals surface area (Å²) in [5.41, 5.74) is 1.12. The molecular formula is C12H12N4O3. The summed E-state index contributed by atoms with van der Waals surface area (Å²) in [5, 5.41) is 19.7. The molecule has 0 saturated heterocycles. The van der Waals surface area contributed by atoms with Crippen molar-refractivity contribution in [2.45, 2.75) is 12.8 Å². The molecule has 98 valence electrons. The summed E-state index contributed by atoms with van der Waals surface area (Å²) in [6.07, 6.45) is 3.04. The van der Waals surface area contributed by atoms with E-state index in [2.05, 4.69) is 15.5 Å². The van der Waals surface area contributed by atoms with E-state index in [9.17, 15) is 14.9 Å². The highest BCUT2D eigenvalue weighted by Gasteiger charge is 2.18. The number of carbonyl (C=O) groups excluding carboxylic acids is 1. The molecule has 0 saturated carbocycles. The first-order valence-electron chi connectivity index (χ1n) is 5.62. The number of anilines is 1. The van der Waals surface area contributed by atoms with E-state index >= 15 is 0 Å². The number of amides is 1. The number of carbonyl (C=O) groups is 1. The number of nitro groups is 1. The molecule has 1 amide bonds. The van der Waals surface area contributed by atoms with Crippen LogP contribution in [0.5, 0.6) is 0 Å². The van der Waals surface area contributed by atoms with Gasteiger partial charge < -0.3 is 5.32 Å². The van der Waals surface area contributed by atoms with Gasteiger partial charge in [-0.3, -0.25) is 20.0 Å². The molecule has 1 unspecified atom stereocenters. The van der Waals surface area contributed by atoms with E-state index < -0.39 is 10.8 Å². The van der Waals surface area contributed by atoms with Gasteiger partial charge in [-0.25, -0.2) is 0 Å². The Bertz CT molecular complexity index is 595. The van der Waals surface area contributed by atoms with E-state index in [-0.39, 0.29) is 11.6 Å². The Morgan fingerprint density at radius 3 is 2.95 bits per heavy atom. The van der Waals surface area contributed by atoms with Crippen LogP contribution in [0.4, 0.5) is 11.4 Å². The van der Waals surface area contributed by atoms with E-state index in [1.807, 2.05) is 0 Å². The van der Waals surface area contributed by atoms with Crippen LogP contribution in [-0.4, -0.2) is 21.0 Å². The second-order valence-electron chi connectivity index (χ2n) is 4.05. The van der Waals surface area contributed by atoms with Crippen molar-refractivity contribution in [3.8, 4) is 0 Å². The van der Waals surface area contributed by atoms with Crippen LogP contribution in [0.15, 0.2) is 36.7 Å². The van der Waals surface area contributed by atoms with Crippen LogP contribution in [0.1, 0.15) is 18.4 Å². The molecule has 7 nitrogen and oxygen atoms in total. The van der Waals surface area contributed by atoms with Crippen molar-refractivity contribution >= 4 is 17.3 Å². The van der Waals surface area contributed by atoms with Crippen LogP contribution in [0.3, 0.4) is 0 Å². The molecule has 1 aromatic carbocycles. The zero-order valence-corrected chi connectivity index (χ0v) is 10.2. The molecule has 1 atom stereocenters. The van der Waals surface area contributed by atoms with Gasteiger partial charge >= 0.3 is 0 Å². The normalized spacial score (nSPS) is 11.8. The number of aromatic amines is 1. The van der Waals surface area contributed by atoms with Crippen molar-refractivity contribution in [3.05, 3.63) is 52.3 Å². The van der Waals surface area contributed by atoms with Gasteiger partial charge in [0, 0.05) is 18.3 Å². The summed E-state index contributed by atoms with van der Waals surface area (Å²) in [6.45, 7) is 1.69. The topological polar surface area (TPSA) is 101 Å². The number of nitrogens with zero attached hydrogens (tertiary/aromatic N) is 2. The number of benzene rings is 1. The lowest BCUT2D eigenvalue weighted by molar-refractivity contribution is -0.384. The lowest BCUT2D eigenvalue weighted by Gasteiger charge is -2.11. The molecule has 1 aromatic heterocycles. The molecular weight excluding hydrogens is 248 g/mol. The number of non-ortho nitro benzene ring substituents is 1. The van der Waals surface area contributed by atoms with E-state index in [0.29, 0.717) is 11.3 Å². The second-order valence-corrected chi connectivity index (χ2v) is 4.05. The Morgan fingerprint density at radius 2 is 2.32 bits per heavy atom. The van der Waals surface area contributed by atoms with Crippen LogP contribution >= 0.6 is 0 Å². The van der Waals surface area contributed by atoms with Crippen molar-refractivity contribution in [1.82, 2.24) is 10.2 Å². The van der Waals surface area contributed by atoms with Crippen LogP contribution < -0.4 is 5.32 Å². The number of aromatic nitrogens is 2. The van der Waals surface area contributed by atoms with Gasteiger partial charge in [0.1, 0.15) is 0 Å². The predicted octanol–water partition coefficient (Wildman–Crippen LogP) is 2.06. The first-order valence-corrected chi connectivity index (χ1v) is 5.62. The molecule has 7 heteroatoms. The van der Waals surface area contributed by atoms with Crippen LogP contribution in [0.25, 0.3) is 0 Å². The summed E-state index contributed by atoms with van der Waals surface area (Å²) in [5.74, 6) is -0.739. The van der Waals surface area contributed by atoms with Crippen molar-refractivity contribution in [1.29, 1.82) is 0 Å². The molecule has 2 N–H and O–H groups in total. The third-order valence-corrected chi connectivity index (χ3v) is 2.74. The summed E-state index contributed by atoms with van der Waals surface area (Å²) >= 11 is 0. The van der Waals surface area contributed by atoms with Crippen LogP contribution in [0, 0.1) is 10.1 Å². The molecule has 2 rings (SSSR count). The van der Waals surface area contributed by atoms with E-state index in [1.165, 1.54) is 18.3 Å². The minimum Gasteiger partial charge on any atom is -0.323 e. The second kappa shape index (κ2) is 5.30. The van der Waals surface area contributed by atoms with Gasteiger partial charge in [-0.2, -0.15) is 5.10 Å². The highest BCUT2D eigenvalue weighted by molar-refractivity contribution is 5.95. The number of hydrogen-bond donors (Lipinski definition) is 2. The zero-order chi connectivity index (χ0) is 13.8. The number of nitrogens with one attached hydrogen (secondary N) is 2. The maximum atomic E-state index is 12.0. The van der Waals surface area contributed by atoms with Gasteiger partial charge in [-0.05, 0) is 12.5 Å². The lowest BCUT2D eigenvalue weighted by Crippen LogP contribution is -2.18. The average Bonchev–Trinajstić information content (AvgIpc) is 2.90. The molecule has 0 spiro atoms. The summed E-state index contributed by atoms with van der Waals surface area (Å²) in [7, 11) is 0. The quantitative estimate of drug-likeness (QED) is 0.648. The largest absolute Gasteiger partial charge is 0.323 e. The average molecular weight is 260 g/mol. The van der Waals surface area contributed by atoms with Gasteiger partial charge in [-0.15, -0.1) is 0 Å². The molecule has 2 aromatic rings. The summed E-state index contributed by atoms with van der Waals surface area (Å²) < 4.78 is 0. The fraction of sp³-hybridized carbons (Fsp3) is 0.167. The lowest BCUT2D eigenvalue weighted by atomic mass is 10.00. The van der Waals surface area contributed by atoms with Crippen molar-refractivity contribution in [3.63, 3.8) is 0 Å². The highest BCUT2D eigenvalue weighted by atomic mass is 16.6. The van der Waals surface area contributed by atoms with Gasteiger partial charge in [0.2, 0.25) is 5.91 Å². The Balaban J connectivity index is 2.14. The van der Waals surface area contributed by atoms with Gasteiger partial charge in [0.05, 0.1) is 22.7 Å². The predicted molar refractivity (Wildman–Crippen MR) is 68.7 cm³/mol. The number of hydrogen-bond acceptors (Lipinski definition) is 4. The maximum Gasteiger partial charge on any atom is 0.269 e. The molecule has 0 aliphatic rings. The SMILES string of the molecule is CC(C(=O)Nc1cn[nH]c1)c1cccc([N+](=O)[O-])c1. The molecule has 0 aliphatic heterocycles. The molecule has 19 heavy (non-hydrogen) atoms. The minimum atomic E-state index is -0.491. The first kappa shape index (κ1) is 12.7. The monoisotopic (exact) mass is 260 g/mol. The van der Waals surface area contributed by atoms with Crippen molar-refractivity contribution in [2.24, 2.45) is 0 Å². The summed E-state index contributed by atoms with van der Waals surface area (Å²) in [6, 6.07) is 6.05. The number of rotatable bonds is 4. The van der Waals surface area contributed by atoms with E-state index in [4.69, 9.17) is 0 Å². The first-order chi connectivity index (χ1) is 9.08. The third kappa shape index (κ3) is 2.95. The maximum absolute atomic E-state index is 12.0. The van der Waals surface area contributed by atoms with Gasteiger partial charge in [0.25, 0.3) is 5.69 Å². The van der Waals surface area contributed by atoms with E-state index in [1.54, 1.807) is 25.3 Å². The highest BCUT2D eigenvalue weighted by Crippen LogP contribution is 2.21. The Labute approximate surface area is 108 Å². The molecule has 1 heterocycles. The molecule has 0 fully saturated rings. The molecule has 0 radical (unpaired) electrons. The third-order valence-electron chi connectivity index (χ3n) is 2.74. The van der Waals surface area contributed by atoms with E-state index in [0.717, 1.165) is 0 Å². The Kier molecular flexibility index (Phi) is 3.56. The van der Waals surface area contributed by atoms with Crippen molar-refractivity contribution < 1.29 is 9.72 Å². The van der Waals surface area contributed by atoms with Gasteiger partial charge in [0.15, 0.2) is 0 Å². The molecule has 0 bridgehead atoms. The van der Waals surface area contributed by atoms with Crippen LogP contribution in [-0.2, 0) is 4.79 Å². The number of H-pyrrole nitrogens is 1. The minimum absolute atomic E-state index is 0.0274.